The molecule has 5 nitrogen and oxygen atoms in total. The number of carbonyl (C=O) groups is 1. The number of rotatable bonds is 5. The number of nitrogens with two attached hydrogens (primary N) is 1. The van der Waals surface area contributed by atoms with E-state index >= 15 is 0 Å². The lowest BCUT2D eigenvalue weighted by molar-refractivity contribution is 0.0997. The number of benzene rings is 1. The normalized spacial score (nSPS) is 11.9. The van der Waals surface area contributed by atoms with Crippen LogP contribution in [0.3, 0.4) is 0 Å². The average molecular weight is 317 g/mol. The van der Waals surface area contributed by atoms with E-state index in [0.717, 1.165) is 11.1 Å². The van der Waals surface area contributed by atoms with Crippen molar-refractivity contribution >= 4 is 24.2 Å². The van der Waals surface area contributed by atoms with Gasteiger partial charge < -0.3 is 10.3 Å². The zero-order valence-electron chi connectivity index (χ0n) is 12.2. The first-order chi connectivity index (χ1) is 10.4. The number of hydrogen-bond acceptors (Lipinski definition) is 3. The monoisotopic (exact) mass is 316 g/mol. The maximum atomic E-state index is 11.4. The lowest BCUT2D eigenvalue weighted by Crippen LogP contribution is -2.31. The Morgan fingerprint density at radius 2 is 2.23 bits per heavy atom. The van der Waals surface area contributed by atoms with E-state index in [-0.39, 0.29) is 17.1 Å². The van der Waals surface area contributed by atoms with Crippen LogP contribution in [0.2, 0.25) is 5.02 Å². The Bertz CT molecular complexity index is 782. The molecule has 0 saturated carbocycles. The van der Waals surface area contributed by atoms with Gasteiger partial charge >= 0.3 is 0 Å². The van der Waals surface area contributed by atoms with E-state index in [9.17, 15) is 4.79 Å². The maximum Gasteiger partial charge on any atom is 0.252 e. The van der Waals surface area contributed by atoms with Gasteiger partial charge in [-0.25, -0.2) is 0 Å². The molecule has 3 N–H and O–H groups in total. The van der Waals surface area contributed by atoms with Crippen LogP contribution in [0.25, 0.3) is 0 Å². The first kappa shape index (κ1) is 16.0. The summed E-state index contributed by atoms with van der Waals surface area (Å²) in [4.78, 5) is 15.3. The predicted octanol–water partition coefficient (Wildman–Crippen LogP) is 2.53. The van der Waals surface area contributed by atoms with Gasteiger partial charge in [0, 0.05) is 6.20 Å². The number of pyridine rings is 1. The van der Waals surface area contributed by atoms with Crippen LogP contribution in [0.5, 0.6) is 0 Å². The van der Waals surface area contributed by atoms with Gasteiger partial charge in [0.15, 0.2) is 0 Å². The highest BCUT2D eigenvalue weighted by Gasteiger charge is 2.14. The van der Waals surface area contributed by atoms with Crippen molar-refractivity contribution in [1.29, 1.82) is 5.41 Å². The Hall–Kier alpha value is -2.40. The number of nitrogens with zero attached hydrogens (tertiary/aromatic N) is 2. The molecule has 0 unspecified atom stereocenters. The fraction of sp³-hybridized carbons (Fsp3) is 0.188. The minimum absolute atomic E-state index is 0.0386. The molecule has 1 amide bonds. The van der Waals surface area contributed by atoms with Gasteiger partial charge in [0.25, 0.3) is 5.91 Å². The van der Waals surface area contributed by atoms with Crippen molar-refractivity contribution in [3.63, 3.8) is 0 Å². The summed E-state index contributed by atoms with van der Waals surface area (Å²) in [6, 6.07) is 9.08. The van der Waals surface area contributed by atoms with Gasteiger partial charge in [0.05, 0.1) is 23.2 Å². The molecule has 22 heavy (non-hydrogen) atoms. The zero-order valence-corrected chi connectivity index (χ0v) is 13.0. The molecular weight excluding hydrogens is 300 g/mol. The van der Waals surface area contributed by atoms with E-state index in [1.54, 1.807) is 10.8 Å². The van der Waals surface area contributed by atoms with Crippen LogP contribution in [-0.2, 0) is 6.54 Å². The molecule has 0 aliphatic carbocycles. The molecule has 1 aromatic heterocycles. The van der Waals surface area contributed by atoms with Crippen LogP contribution < -0.4 is 11.2 Å². The minimum Gasteiger partial charge on any atom is -0.365 e. The predicted molar refractivity (Wildman–Crippen MR) is 87.3 cm³/mol. The van der Waals surface area contributed by atoms with Crippen LogP contribution >= 0.6 is 11.6 Å². The van der Waals surface area contributed by atoms with Crippen LogP contribution in [0.4, 0.5) is 0 Å². The molecule has 0 fully saturated rings. The fourth-order valence-electron chi connectivity index (χ4n) is 2.31. The molecular formula is C16H17ClN4O. The Balaban J connectivity index is 2.52. The molecule has 1 atom stereocenters. The standard InChI is InChI=1S/C16H17ClN4O/c1-10(12-5-3-4-11(6-12)8-20-2)21-9-13(17)7-14(15(21)18)16(19)22/h3-7,9-10,18H,2,8H2,1H3,(H2,19,22)/t10-/m1/s1. The number of hydrogen-bond donors (Lipinski definition) is 2. The third-order valence-corrected chi connectivity index (χ3v) is 3.68. The number of halogens is 1. The van der Waals surface area contributed by atoms with E-state index in [1.165, 1.54) is 6.07 Å². The first-order valence-corrected chi connectivity index (χ1v) is 7.09. The van der Waals surface area contributed by atoms with E-state index in [4.69, 9.17) is 22.7 Å². The van der Waals surface area contributed by atoms with Crippen LogP contribution in [0.15, 0.2) is 41.5 Å². The van der Waals surface area contributed by atoms with Crippen molar-refractivity contribution in [1.82, 2.24) is 4.57 Å². The fourth-order valence-corrected chi connectivity index (χ4v) is 2.53. The topological polar surface area (TPSA) is 84.2 Å². The second kappa shape index (κ2) is 6.58. The Morgan fingerprint density at radius 1 is 1.50 bits per heavy atom. The number of amides is 1. The first-order valence-electron chi connectivity index (χ1n) is 6.71. The molecule has 114 valence electrons. The summed E-state index contributed by atoms with van der Waals surface area (Å²) in [6.45, 7) is 5.95. The third kappa shape index (κ3) is 3.26. The molecule has 0 radical (unpaired) electrons. The minimum atomic E-state index is -0.668. The summed E-state index contributed by atoms with van der Waals surface area (Å²) < 4.78 is 1.63. The van der Waals surface area contributed by atoms with Crippen molar-refractivity contribution in [3.8, 4) is 0 Å². The van der Waals surface area contributed by atoms with E-state index in [0.29, 0.717) is 11.6 Å². The highest BCUT2D eigenvalue weighted by molar-refractivity contribution is 6.30. The highest BCUT2D eigenvalue weighted by Crippen LogP contribution is 2.20. The lowest BCUT2D eigenvalue weighted by Gasteiger charge is -2.19. The SMILES string of the molecule is C=NCc1cccc([C@@H](C)n2cc(Cl)cc(C(N)=O)c2=N)c1. The van der Waals surface area contributed by atoms with Crippen molar-refractivity contribution in [2.75, 3.05) is 0 Å². The molecule has 2 rings (SSSR count). The van der Waals surface area contributed by atoms with Gasteiger partial charge in [-0.3, -0.25) is 15.2 Å². The van der Waals surface area contributed by atoms with Crippen LogP contribution in [0.1, 0.15) is 34.5 Å². The Kier molecular flexibility index (Phi) is 4.78. The molecule has 0 spiro atoms. The number of aliphatic imine (C=N–C) groups is 1. The second-order valence-corrected chi connectivity index (χ2v) is 5.43. The molecule has 0 aliphatic heterocycles. The van der Waals surface area contributed by atoms with Gasteiger partial charge in [-0.2, -0.15) is 0 Å². The Labute approximate surface area is 133 Å². The van der Waals surface area contributed by atoms with Crippen molar-refractivity contribution in [2.45, 2.75) is 19.5 Å². The van der Waals surface area contributed by atoms with Gasteiger partial charge in [0.2, 0.25) is 0 Å². The van der Waals surface area contributed by atoms with Gasteiger partial charge in [-0.1, -0.05) is 35.9 Å². The zero-order chi connectivity index (χ0) is 16.3. The Morgan fingerprint density at radius 3 is 2.86 bits per heavy atom. The summed E-state index contributed by atoms with van der Waals surface area (Å²) in [5, 5.41) is 8.52. The van der Waals surface area contributed by atoms with Crippen molar-refractivity contribution in [3.05, 3.63) is 63.7 Å². The number of primary amides is 1. The summed E-state index contributed by atoms with van der Waals surface area (Å²) in [7, 11) is 0. The van der Waals surface area contributed by atoms with Crippen molar-refractivity contribution < 1.29 is 4.79 Å². The molecule has 2 aromatic rings. The molecule has 1 heterocycles. The second-order valence-electron chi connectivity index (χ2n) is 4.99. The van der Waals surface area contributed by atoms with Crippen LogP contribution in [0, 0.1) is 5.41 Å². The van der Waals surface area contributed by atoms with Crippen molar-refractivity contribution in [2.24, 2.45) is 10.7 Å². The largest absolute Gasteiger partial charge is 0.365 e. The van der Waals surface area contributed by atoms with Gasteiger partial charge in [0.1, 0.15) is 5.49 Å². The van der Waals surface area contributed by atoms with Gasteiger partial charge in [-0.15, -0.1) is 0 Å². The summed E-state index contributed by atoms with van der Waals surface area (Å²) in [5.41, 5.74) is 7.46. The molecule has 0 aliphatic rings. The van der Waals surface area contributed by atoms with E-state index < -0.39 is 5.91 Å². The number of carbonyl (C=O) groups excluding carboxylic acids is 1. The van der Waals surface area contributed by atoms with Crippen LogP contribution in [-0.4, -0.2) is 17.2 Å². The third-order valence-electron chi connectivity index (χ3n) is 3.47. The lowest BCUT2D eigenvalue weighted by atomic mass is 10.0. The molecule has 0 bridgehead atoms. The van der Waals surface area contributed by atoms with E-state index in [2.05, 4.69) is 11.7 Å². The summed E-state index contributed by atoms with van der Waals surface area (Å²) >= 11 is 6.04. The summed E-state index contributed by atoms with van der Waals surface area (Å²) in [6.07, 6.45) is 1.62. The summed E-state index contributed by atoms with van der Waals surface area (Å²) in [5.74, 6) is -0.668. The molecule has 1 aromatic carbocycles. The highest BCUT2D eigenvalue weighted by atomic mass is 35.5. The molecule has 6 heteroatoms. The average Bonchev–Trinajstić information content (AvgIpc) is 2.49. The maximum absolute atomic E-state index is 11.4. The number of nitrogens with one attached hydrogen (secondary N) is 1. The van der Waals surface area contributed by atoms with Gasteiger partial charge in [-0.05, 0) is 30.8 Å². The molecule has 0 saturated heterocycles. The number of aromatic nitrogens is 1. The smallest absolute Gasteiger partial charge is 0.252 e. The van der Waals surface area contributed by atoms with E-state index in [1.807, 2.05) is 31.2 Å². The quantitative estimate of drug-likeness (QED) is 0.816.